The molecule has 5 aromatic rings. The lowest BCUT2D eigenvalue weighted by Crippen LogP contribution is -2.51. The molecule has 2 aromatic heterocycles. The molecule has 6 rings (SSSR count). The Kier molecular flexibility index (Phi) is 7.47. The van der Waals surface area contributed by atoms with Crippen LogP contribution in [0.5, 0.6) is 0 Å². The minimum absolute atomic E-state index is 0.0965. The third-order valence-corrected chi connectivity index (χ3v) is 8.10. The Morgan fingerprint density at radius 2 is 1.82 bits per heavy atom. The molecule has 7 heteroatoms. The number of rotatable bonds is 9. The summed E-state index contributed by atoms with van der Waals surface area (Å²) in [5.41, 5.74) is 4.06. The highest BCUT2D eigenvalue weighted by molar-refractivity contribution is 5.89. The number of Topliss-reactive ketones (excluding diaryl/α,β-unsaturated/α-hetero) is 1. The maximum Gasteiger partial charge on any atom is 0.227 e. The van der Waals surface area contributed by atoms with Gasteiger partial charge in [-0.15, -0.1) is 0 Å². The van der Waals surface area contributed by atoms with E-state index in [1.165, 1.54) is 10.8 Å². The minimum atomic E-state index is -0.192. The molecule has 40 heavy (non-hydrogen) atoms. The van der Waals surface area contributed by atoms with Crippen molar-refractivity contribution in [1.82, 2.24) is 24.8 Å². The van der Waals surface area contributed by atoms with Crippen LogP contribution in [0.15, 0.2) is 79.1 Å². The van der Waals surface area contributed by atoms with Crippen LogP contribution in [0.25, 0.3) is 32.9 Å². The number of nitrogens with one attached hydrogen (secondary N) is 2. The number of carbonyl (C=O) groups is 2. The van der Waals surface area contributed by atoms with Gasteiger partial charge in [-0.3, -0.25) is 14.5 Å². The average molecular weight is 534 g/mol. The molecule has 204 valence electrons. The van der Waals surface area contributed by atoms with E-state index in [0.29, 0.717) is 38.1 Å². The van der Waals surface area contributed by atoms with Gasteiger partial charge in [0.15, 0.2) is 0 Å². The summed E-state index contributed by atoms with van der Waals surface area (Å²) in [6, 6.07) is 22.6. The first kappa shape index (κ1) is 26.0. The number of hydrogen-bond donors (Lipinski definition) is 2. The fourth-order valence-electron chi connectivity index (χ4n) is 5.80. The van der Waals surface area contributed by atoms with Crippen LogP contribution in [-0.4, -0.2) is 62.6 Å². The van der Waals surface area contributed by atoms with E-state index in [-0.39, 0.29) is 11.9 Å². The molecule has 0 spiro atoms. The number of carbonyl (C=O) groups excluding carboxylic acids is 2. The van der Waals surface area contributed by atoms with Crippen molar-refractivity contribution in [2.75, 3.05) is 26.2 Å². The number of hydrogen-bond acceptors (Lipinski definition) is 4. The zero-order valence-corrected chi connectivity index (χ0v) is 22.9. The number of imidazole rings is 1. The fraction of sp³-hybridized carbons (Fsp3) is 0.303. The second-order valence-corrected chi connectivity index (χ2v) is 10.7. The maximum atomic E-state index is 13.8. The number of amides is 1. The molecule has 3 heterocycles. The molecular formula is C33H35N5O2. The number of ketones is 1. The van der Waals surface area contributed by atoms with E-state index in [2.05, 4.69) is 51.3 Å². The second-order valence-electron chi connectivity index (χ2n) is 10.7. The topological polar surface area (TPSA) is 85.1 Å². The van der Waals surface area contributed by atoms with Crippen molar-refractivity contribution in [2.45, 2.75) is 38.6 Å². The lowest BCUT2D eigenvalue weighted by Gasteiger charge is -2.40. The molecule has 1 saturated heterocycles. The molecule has 1 aliphatic heterocycles. The summed E-state index contributed by atoms with van der Waals surface area (Å²) < 4.78 is 0. The highest BCUT2D eigenvalue weighted by Crippen LogP contribution is 2.29. The van der Waals surface area contributed by atoms with E-state index in [1.807, 2.05) is 54.5 Å². The van der Waals surface area contributed by atoms with Crippen molar-refractivity contribution in [1.29, 1.82) is 0 Å². The molecule has 0 radical (unpaired) electrons. The monoisotopic (exact) mass is 533 g/mol. The van der Waals surface area contributed by atoms with E-state index >= 15 is 0 Å². The third kappa shape index (κ3) is 5.42. The van der Waals surface area contributed by atoms with Gasteiger partial charge in [0.1, 0.15) is 17.6 Å². The van der Waals surface area contributed by atoms with Crippen LogP contribution in [0.4, 0.5) is 0 Å². The summed E-state index contributed by atoms with van der Waals surface area (Å²) >= 11 is 0. The first-order valence-electron chi connectivity index (χ1n) is 14.2. The summed E-state index contributed by atoms with van der Waals surface area (Å²) in [7, 11) is 0. The summed E-state index contributed by atoms with van der Waals surface area (Å²) in [6.45, 7) is 4.85. The van der Waals surface area contributed by atoms with Gasteiger partial charge in [0.05, 0.1) is 18.3 Å². The highest BCUT2D eigenvalue weighted by atomic mass is 16.2. The van der Waals surface area contributed by atoms with Crippen LogP contribution in [-0.2, 0) is 16.0 Å². The molecule has 0 saturated carbocycles. The largest absolute Gasteiger partial charge is 0.361 e. The van der Waals surface area contributed by atoms with Gasteiger partial charge in [0.2, 0.25) is 5.91 Å². The zero-order valence-electron chi connectivity index (χ0n) is 22.9. The Morgan fingerprint density at radius 3 is 2.70 bits per heavy atom. The van der Waals surface area contributed by atoms with Crippen LogP contribution >= 0.6 is 0 Å². The average Bonchev–Trinajstić information content (AvgIpc) is 3.65. The van der Waals surface area contributed by atoms with Crippen LogP contribution in [0.3, 0.4) is 0 Å². The van der Waals surface area contributed by atoms with Crippen molar-refractivity contribution in [3.8, 4) is 11.3 Å². The number of aromatic amines is 2. The van der Waals surface area contributed by atoms with E-state index < -0.39 is 0 Å². The number of nitrogens with zero attached hydrogens (tertiary/aromatic N) is 3. The standard InChI is InChI=1S/C33H35N5O2/c1-2-27(39)10-7-15-37-16-17-38(32(40)19-26-20-34-29-12-6-5-11-28(26)29)31(22-37)33-35-21-30(36-33)25-14-13-23-8-3-4-9-24(23)18-25/h3-6,8-9,11-14,18,20-21,31,34H,2,7,10,15-17,19,22H2,1H3,(H,35,36). The van der Waals surface area contributed by atoms with Gasteiger partial charge in [-0.25, -0.2) is 4.98 Å². The quantitative estimate of drug-likeness (QED) is 0.247. The van der Waals surface area contributed by atoms with Gasteiger partial charge < -0.3 is 14.9 Å². The Labute approximate surface area is 234 Å². The SMILES string of the molecule is CCC(=O)CCCN1CCN(C(=O)Cc2c[nH]c3ccccc23)C(c2ncc(-c3ccc4ccccc4c3)[nH]2)C1. The molecule has 1 amide bonds. The van der Waals surface area contributed by atoms with Crippen molar-refractivity contribution < 1.29 is 9.59 Å². The Hall–Kier alpha value is -4.23. The molecule has 1 unspecified atom stereocenters. The molecule has 3 aromatic carbocycles. The van der Waals surface area contributed by atoms with E-state index in [4.69, 9.17) is 4.98 Å². The number of piperazine rings is 1. The van der Waals surface area contributed by atoms with Gasteiger partial charge in [-0.2, -0.15) is 0 Å². The minimum Gasteiger partial charge on any atom is -0.361 e. The molecule has 1 atom stereocenters. The summed E-state index contributed by atoms with van der Waals surface area (Å²) in [5, 5.41) is 3.46. The Bertz CT molecular complexity index is 1650. The molecule has 0 bridgehead atoms. The highest BCUT2D eigenvalue weighted by Gasteiger charge is 2.33. The van der Waals surface area contributed by atoms with Crippen LogP contribution in [0.2, 0.25) is 0 Å². The van der Waals surface area contributed by atoms with Gasteiger partial charge in [0, 0.05) is 55.1 Å². The van der Waals surface area contributed by atoms with Crippen LogP contribution in [0, 0.1) is 0 Å². The van der Waals surface area contributed by atoms with E-state index in [0.717, 1.165) is 53.1 Å². The van der Waals surface area contributed by atoms with Crippen LogP contribution < -0.4 is 0 Å². The van der Waals surface area contributed by atoms with Gasteiger partial charge in [-0.1, -0.05) is 61.5 Å². The number of benzene rings is 3. The zero-order chi connectivity index (χ0) is 27.5. The smallest absolute Gasteiger partial charge is 0.227 e. The first-order chi connectivity index (χ1) is 19.6. The number of para-hydroxylation sites is 1. The number of H-pyrrole nitrogens is 2. The van der Waals surface area contributed by atoms with E-state index in [1.54, 1.807) is 0 Å². The predicted octanol–water partition coefficient (Wildman–Crippen LogP) is 5.90. The summed E-state index contributed by atoms with van der Waals surface area (Å²) in [4.78, 5) is 41.6. The number of aromatic nitrogens is 3. The van der Waals surface area contributed by atoms with Crippen molar-refractivity contribution in [2.24, 2.45) is 0 Å². The summed E-state index contributed by atoms with van der Waals surface area (Å²) in [5.74, 6) is 1.19. The first-order valence-corrected chi connectivity index (χ1v) is 14.2. The third-order valence-electron chi connectivity index (χ3n) is 8.10. The van der Waals surface area contributed by atoms with Crippen LogP contribution in [0.1, 0.15) is 43.6 Å². The lowest BCUT2D eigenvalue weighted by molar-refractivity contribution is -0.135. The Balaban J connectivity index is 1.25. The maximum absolute atomic E-state index is 13.8. The van der Waals surface area contributed by atoms with Crippen molar-refractivity contribution in [3.63, 3.8) is 0 Å². The lowest BCUT2D eigenvalue weighted by atomic mass is 10.1. The fourth-order valence-corrected chi connectivity index (χ4v) is 5.80. The summed E-state index contributed by atoms with van der Waals surface area (Å²) in [6.07, 6.45) is 6.19. The van der Waals surface area contributed by atoms with Crippen molar-refractivity contribution in [3.05, 3.63) is 90.5 Å². The van der Waals surface area contributed by atoms with Gasteiger partial charge in [-0.05, 0) is 41.4 Å². The van der Waals surface area contributed by atoms with Gasteiger partial charge >= 0.3 is 0 Å². The molecule has 1 aliphatic rings. The normalized spacial score (nSPS) is 16.1. The predicted molar refractivity (Wildman–Crippen MR) is 159 cm³/mol. The molecule has 7 nitrogen and oxygen atoms in total. The van der Waals surface area contributed by atoms with Gasteiger partial charge in [0.25, 0.3) is 0 Å². The second kappa shape index (κ2) is 11.5. The molecular weight excluding hydrogens is 498 g/mol. The molecule has 2 N–H and O–H groups in total. The Morgan fingerprint density at radius 1 is 1.00 bits per heavy atom. The number of fused-ring (bicyclic) bond motifs is 2. The molecule has 0 aliphatic carbocycles. The van der Waals surface area contributed by atoms with E-state index in [9.17, 15) is 9.59 Å². The van der Waals surface area contributed by atoms with Crippen molar-refractivity contribution >= 4 is 33.4 Å². The molecule has 1 fully saturated rings.